The van der Waals surface area contributed by atoms with E-state index in [9.17, 15) is 4.79 Å². The van der Waals surface area contributed by atoms with Gasteiger partial charge in [-0.3, -0.25) is 4.79 Å². The molecule has 4 heteroatoms. The van der Waals surface area contributed by atoms with Crippen LogP contribution >= 0.6 is 0 Å². The Bertz CT molecular complexity index is 915. The maximum absolute atomic E-state index is 14.0. The molecule has 0 N–H and O–H groups in total. The third-order valence-corrected chi connectivity index (χ3v) is 12.4. The Balaban J connectivity index is 2.17. The molecule has 0 amide bonds. The smallest absolute Gasteiger partial charge is 0.192 e. The molecule has 2 atom stereocenters. The molecule has 164 valence electrons. The summed E-state index contributed by atoms with van der Waals surface area (Å²) in [7, 11) is -0.344. The lowest BCUT2D eigenvalue weighted by molar-refractivity contribution is 0.0676. The zero-order chi connectivity index (χ0) is 22.6. The van der Waals surface area contributed by atoms with Crippen LogP contribution in [0.2, 0.25) is 18.1 Å². The number of rotatable bonds is 3. The molecule has 2 aliphatic carbocycles. The van der Waals surface area contributed by atoms with Gasteiger partial charge in [-0.05, 0) is 66.1 Å². The largest absolute Gasteiger partial charge is 0.496 e. The summed E-state index contributed by atoms with van der Waals surface area (Å²) in [5.74, 6) is 0.655. The van der Waals surface area contributed by atoms with Crippen LogP contribution in [-0.4, -0.2) is 27.3 Å². The molecule has 2 aliphatic rings. The average Bonchev–Trinajstić information content (AvgIpc) is 2.64. The van der Waals surface area contributed by atoms with Gasteiger partial charge >= 0.3 is 0 Å². The van der Waals surface area contributed by atoms with Crippen LogP contribution in [0.25, 0.3) is 5.57 Å². The zero-order valence-corrected chi connectivity index (χ0v) is 21.2. The van der Waals surface area contributed by atoms with E-state index in [1.54, 1.807) is 7.11 Å². The molecule has 30 heavy (non-hydrogen) atoms. The van der Waals surface area contributed by atoms with E-state index in [1.165, 1.54) is 11.1 Å². The minimum absolute atomic E-state index is 0.0214. The molecule has 3 nitrogen and oxygen atoms in total. The molecule has 2 bridgehead atoms. The molecule has 0 spiro atoms. The zero-order valence-electron chi connectivity index (χ0n) is 20.2. The molecule has 0 unspecified atom stereocenters. The fourth-order valence-corrected chi connectivity index (χ4v) is 6.14. The van der Waals surface area contributed by atoms with Crippen LogP contribution in [0.15, 0.2) is 35.9 Å². The summed E-state index contributed by atoms with van der Waals surface area (Å²) >= 11 is 0. The Morgan fingerprint density at radius 3 is 2.40 bits per heavy atom. The lowest BCUT2D eigenvalue weighted by Crippen LogP contribution is -2.49. The monoisotopic (exact) mass is 426 g/mol. The van der Waals surface area contributed by atoms with Crippen molar-refractivity contribution < 1.29 is 14.0 Å². The topological polar surface area (TPSA) is 35.5 Å². The number of Topliss-reactive ketones (excluding diaryl/α,β-unsaturated/α-hetero) is 1. The molecule has 0 saturated carbocycles. The van der Waals surface area contributed by atoms with Gasteiger partial charge in [0.2, 0.25) is 0 Å². The maximum atomic E-state index is 14.0. The molecule has 0 radical (unpaired) electrons. The second-order valence-corrected chi connectivity index (χ2v) is 15.8. The van der Waals surface area contributed by atoms with Crippen molar-refractivity contribution in [3.05, 3.63) is 47.1 Å². The van der Waals surface area contributed by atoms with Crippen LogP contribution in [-0.2, 0) is 4.43 Å². The van der Waals surface area contributed by atoms with Gasteiger partial charge in [0.15, 0.2) is 14.1 Å². The number of methoxy groups -OCH3 is 1. The minimum atomic E-state index is -1.98. The Labute approximate surface area is 183 Å². The fourth-order valence-electron chi connectivity index (χ4n) is 4.80. The molecular formula is C26H38O3Si. The van der Waals surface area contributed by atoms with Gasteiger partial charge in [0.05, 0.1) is 18.8 Å². The van der Waals surface area contributed by atoms with Gasteiger partial charge in [-0.25, -0.2) is 0 Å². The lowest BCUT2D eigenvalue weighted by Gasteiger charge is -2.48. The van der Waals surface area contributed by atoms with E-state index >= 15 is 0 Å². The van der Waals surface area contributed by atoms with Crippen molar-refractivity contribution in [3.8, 4) is 5.75 Å². The van der Waals surface area contributed by atoms with Gasteiger partial charge in [-0.15, -0.1) is 0 Å². The first-order valence-electron chi connectivity index (χ1n) is 11.0. The van der Waals surface area contributed by atoms with Crippen LogP contribution < -0.4 is 4.74 Å². The highest BCUT2D eigenvalue weighted by atomic mass is 28.4. The Hall–Kier alpha value is -1.65. The van der Waals surface area contributed by atoms with Crippen LogP contribution in [0.1, 0.15) is 70.3 Å². The number of hydrogen-bond donors (Lipinski definition) is 0. The van der Waals surface area contributed by atoms with Gasteiger partial charge < -0.3 is 9.16 Å². The summed E-state index contributed by atoms with van der Waals surface area (Å²) in [6, 6.07) is 5.84. The molecule has 0 heterocycles. The van der Waals surface area contributed by atoms with E-state index in [4.69, 9.17) is 9.16 Å². The Kier molecular flexibility index (Phi) is 5.75. The van der Waals surface area contributed by atoms with Crippen molar-refractivity contribution in [2.24, 2.45) is 11.3 Å². The van der Waals surface area contributed by atoms with Crippen LogP contribution in [0.4, 0.5) is 0 Å². The van der Waals surface area contributed by atoms with E-state index in [0.717, 1.165) is 24.0 Å². The van der Waals surface area contributed by atoms with Gasteiger partial charge in [-0.2, -0.15) is 0 Å². The Morgan fingerprint density at radius 2 is 1.83 bits per heavy atom. The second-order valence-electron chi connectivity index (χ2n) is 11.1. The first-order chi connectivity index (χ1) is 13.7. The standard InChI is InChI=1S/C26H38O3Si/c1-16-14-19-17(2)22(29-30(9,10)25(3,4)5)15-20(26(19,6)7)24(27)23-18(16)12-11-13-21(23)28-8/h11-13,20,22H,1,14-15H2,2-10H3/t20-,22-/m0/s1. The van der Waals surface area contributed by atoms with Crippen molar-refractivity contribution in [1.29, 1.82) is 0 Å². The van der Waals surface area contributed by atoms with Gasteiger partial charge in [-0.1, -0.05) is 58.9 Å². The Morgan fingerprint density at radius 1 is 1.20 bits per heavy atom. The number of benzene rings is 1. The van der Waals surface area contributed by atoms with Crippen molar-refractivity contribution in [2.45, 2.75) is 78.6 Å². The van der Waals surface area contributed by atoms with E-state index in [-0.39, 0.29) is 28.3 Å². The third-order valence-electron chi connectivity index (χ3n) is 7.88. The summed E-state index contributed by atoms with van der Waals surface area (Å²) in [5.41, 5.74) is 4.96. The first-order valence-corrected chi connectivity index (χ1v) is 13.9. The average molecular weight is 427 g/mol. The highest BCUT2D eigenvalue weighted by Gasteiger charge is 2.49. The lowest BCUT2D eigenvalue weighted by atomic mass is 9.59. The van der Waals surface area contributed by atoms with Crippen molar-refractivity contribution in [2.75, 3.05) is 7.11 Å². The van der Waals surface area contributed by atoms with Crippen molar-refractivity contribution in [3.63, 3.8) is 0 Å². The molecular weight excluding hydrogens is 388 g/mol. The van der Waals surface area contributed by atoms with E-state index < -0.39 is 8.32 Å². The highest BCUT2D eigenvalue weighted by Crippen LogP contribution is 2.53. The highest BCUT2D eigenvalue weighted by molar-refractivity contribution is 6.74. The molecule has 0 saturated heterocycles. The quantitative estimate of drug-likeness (QED) is 0.384. The van der Waals surface area contributed by atoms with Crippen LogP contribution in [0.3, 0.4) is 0 Å². The molecule has 1 aromatic rings. The number of allylic oxidation sites excluding steroid dienone is 2. The van der Waals surface area contributed by atoms with E-state index in [1.807, 2.05) is 18.2 Å². The number of carbonyl (C=O) groups is 1. The molecule has 0 fully saturated rings. The third kappa shape index (κ3) is 3.62. The maximum Gasteiger partial charge on any atom is 0.192 e. The summed E-state index contributed by atoms with van der Waals surface area (Å²) in [6.07, 6.45) is 1.46. The predicted octanol–water partition coefficient (Wildman–Crippen LogP) is 7.05. The van der Waals surface area contributed by atoms with Gasteiger partial charge in [0.1, 0.15) is 5.75 Å². The summed E-state index contributed by atoms with van der Waals surface area (Å²) in [5, 5.41) is 0.121. The second kappa shape index (κ2) is 7.49. The number of ketones is 1. The fraction of sp³-hybridized carbons (Fsp3) is 0.577. The number of carbonyl (C=O) groups excluding carboxylic acids is 1. The molecule has 3 rings (SSSR count). The van der Waals surface area contributed by atoms with Crippen LogP contribution in [0, 0.1) is 11.3 Å². The van der Waals surface area contributed by atoms with Crippen molar-refractivity contribution in [1.82, 2.24) is 0 Å². The summed E-state index contributed by atoms with van der Waals surface area (Å²) < 4.78 is 12.5. The summed E-state index contributed by atoms with van der Waals surface area (Å²) in [4.78, 5) is 14.0. The van der Waals surface area contributed by atoms with E-state index in [0.29, 0.717) is 11.3 Å². The van der Waals surface area contributed by atoms with Gasteiger partial charge in [0.25, 0.3) is 0 Å². The van der Waals surface area contributed by atoms with Crippen LogP contribution in [0.5, 0.6) is 5.75 Å². The van der Waals surface area contributed by atoms with Gasteiger partial charge in [0, 0.05) is 5.92 Å². The minimum Gasteiger partial charge on any atom is -0.496 e. The number of hydrogen-bond acceptors (Lipinski definition) is 3. The molecule has 0 aromatic heterocycles. The van der Waals surface area contributed by atoms with Crippen molar-refractivity contribution >= 4 is 19.7 Å². The normalized spacial score (nSPS) is 24.3. The van der Waals surface area contributed by atoms with E-state index in [2.05, 4.69) is 61.2 Å². The predicted molar refractivity (Wildman–Crippen MR) is 128 cm³/mol. The number of fused-ring (bicyclic) bond motifs is 3. The SMILES string of the molecule is C=C1CC2=C(C)[C@@H](O[Si](C)(C)C(C)(C)C)C[C@@H](C(=O)c3c(OC)cccc31)C2(C)C. The molecule has 1 aromatic carbocycles. The molecule has 0 aliphatic heterocycles. The summed E-state index contributed by atoms with van der Waals surface area (Å²) in [6.45, 7) is 22.4. The number of ether oxygens (including phenoxy) is 1. The first kappa shape index (κ1) is 23.0.